The fourth-order valence-corrected chi connectivity index (χ4v) is 7.29. The van der Waals surface area contributed by atoms with Gasteiger partial charge < -0.3 is 23.3 Å². The predicted molar refractivity (Wildman–Crippen MR) is 184 cm³/mol. The predicted octanol–water partition coefficient (Wildman–Crippen LogP) is 7.98. The van der Waals surface area contributed by atoms with Crippen LogP contribution in [-0.2, 0) is 41.0 Å². The third kappa shape index (κ3) is 11.9. The number of thiazole rings is 1. The van der Waals surface area contributed by atoms with Gasteiger partial charge in [-0.15, -0.1) is 11.3 Å². The Hall–Kier alpha value is -3.58. The van der Waals surface area contributed by atoms with E-state index in [1.165, 1.54) is 41.7 Å². The lowest BCUT2D eigenvalue weighted by Crippen LogP contribution is -2.19. The first-order valence-corrected chi connectivity index (χ1v) is 19.0. The third-order valence-electron chi connectivity index (χ3n) is 6.21. The number of ether oxygens (including phenoxy) is 3. The van der Waals surface area contributed by atoms with Crippen LogP contribution in [0.4, 0.5) is 5.13 Å². The largest absolute Gasteiger partial charge is 0.488 e. The van der Waals surface area contributed by atoms with Crippen molar-refractivity contribution in [3.05, 3.63) is 95.0 Å². The van der Waals surface area contributed by atoms with Crippen molar-refractivity contribution in [1.29, 1.82) is 0 Å². The summed E-state index contributed by atoms with van der Waals surface area (Å²) in [5, 5.41) is 4.76. The Morgan fingerprint density at radius 2 is 1.62 bits per heavy atom. The van der Waals surface area contributed by atoms with E-state index >= 15 is 0 Å². The standard InChI is InChI=1S/C32H37N2O9PS2.CH4/c1-5-40-44(36,41-6-2)21-26-22-45-32(33-26)34-31(35)25-16-28(42-23(3)19-39-20-24-10-8-7-9-11-24)18-29(17-25)43-27-12-14-30(15-13-27)46(4,37)38;/h7-18,22-23H,5-6,19-21H2,1-4H3,(H,33,34,35);1H4/t23-;/m0./s1. The first kappa shape index (κ1) is 37.9. The van der Waals surface area contributed by atoms with Crippen molar-refractivity contribution >= 4 is 39.8 Å². The zero-order valence-electron chi connectivity index (χ0n) is 26.0. The Morgan fingerprint density at radius 3 is 2.26 bits per heavy atom. The molecule has 1 heterocycles. The van der Waals surface area contributed by atoms with Crippen LogP contribution < -0.4 is 14.8 Å². The molecule has 0 unspecified atom stereocenters. The summed E-state index contributed by atoms with van der Waals surface area (Å²) in [4.78, 5) is 17.9. The molecule has 1 aromatic heterocycles. The minimum atomic E-state index is -3.38. The highest BCUT2D eigenvalue weighted by Gasteiger charge is 2.26. The van der Waals surface area contributed by atoms with Gasteiger partial charge >= 0.3 is 7.60 Å². The van der Waals surface area contributed by atoms with Crippen molar-refractivity contribution in [2.24, 2.45) is 0 Å². The molecule has 4 aromatic rings. The second-order valence-corrected chi connectivity index (χ2v) is 15.1. The van der Waals surface area contributed by atoms with Crippen LogP contribution in [0.1, 0.15) is 49.8 Å². The SMILES string of the molecule is C.CCOP(=O)(Cc1csc(NC(=O)c2cc(Oc3ccc(S(C)(=O)=O)cc3)cc(O[C@@H](C)COCc3ccccc3)c2)n1)OCC. The van der Waals surface area contributed by atoms with E-state index in [-0.39, 0.29) is 43.4 Å². The number of rotatable bonds is 17. The van der Waals surface area contributed by atoms with Gasteiger partial charge in [0, 0.05) is 23.3 Å². The highest BCUT2D eigenvalue weighted by Crippen LogP contribution is 2.51. The molecule has 14 heteroatoms. The zero-order valence-corrected chi connectivity index (χ0v) is 28.5. The average Bonchev–Trinajstić information content (AvgIpc) is 3.43. The summed E-state index contributed by atoms with van der Waals surface area (Å²) in [6.07, 6.45) is 0.739. The van der Waals surface area contributed by atoms with Crippen molar-refractivity contribution in [3.8, 4) is 17.2 Å². The summed E-state index contributed by atoms with van der Waals surface area (Å²) in [6.45, 7) is 6.50. The number of amides is 1. The Morgan fingerprint density at radius 1 is 0.957 bits per heavy atom. The van der Waals surface area contributed by atoms with Gasteiger partial charge in [0.15, 0.2) is 15.0 Å². The van der Waals surface area contributed by atoms with Crippen molar-refractivity contribution < 1.29 is 41.0 Å². The molecule has 3 aromatic carbocycles. The molecule has 0 aliphatic carbocycles. The van der Waals surface area contributed by atoms with Crippen LogP contribution in [0, 0.1) is 0 Å². The Bertz CT molecular complexity index is 1740. The number of nitrogens with zero attached hydrogens (tertiary/aromatic N) is 1. The van der Waals surface area contributed by atoms with Crippen LogP contribution in [0.5, 0.6) is 17.2 Å². The van der Waals surface area contributed by atoms with Crippen LogP contribution in [0.2, 0.25) is 0 Å². The fraction of sp³-hybridized carbons (Fsp3) is 0.333. The first-order valence-electron chi connectivity index (χ1n) is 14.5. The third-order valence-corrected chi connectivity index (χ3v) is 10.2. The van der Waals surface area contributed by atoms with E-state index in [1.54, 1.807) is 31.4 Å². The average molecular weight is 705 g/mol. The molecule has 0 fully saturated rings. The van der Waals surface area contributed by atoms with E-state index in [2.05, 4.69) is 10.3 Å². The highest BCUT2D eigenvalue weighted by molar-refractivity contribution is 7.90. The minimum absolute atomic E-state index is 0. The minimum Gasteiger partial charge on any atom is -0.488 e. The lowest BCUT2D eigenvalue weighted by Gasteiger charge is -2.17. The van der Waals surface area contributed by atoms with Crippen LogP contribution >= 0.6 is 18.9 Å². The molecule has 4 rings (SSSR count). The molecule has 47 heavy (non-hydrogen) atoms. The summed E-state index contributed by atoms with van der Waals surface area (Å²) in [7, 11) is -6.74. The molecule has 254 valence electrons. The van der Waals surface area contributed by atoms with E-state index < -0.39 is 23.3 Å². The molecule has 1 amide bonds. The van der Waals surface area contributed by atoms with Gasteiger partial charge in [0.05, 0.1) is 43.2 Å². The number of hydrogen-bond acceptors (Lipinski definition) is 11. The van der Waals surface area contributed by atoms with Crippen LogP contribution in [0.25, 0.3) is 0 Å². The topological polar surface area (TPSA) is 139 Å². The quantitative estimate of drug-likeness (QED) is 0.108. The van der Waals surface area contributed by atoms with Crippen molar-refractivity contribution in [3.63, 3.8) is 0 Å². The second kappa shape index (κ2) is 17.5. The van der Waals surface area contributed by atoms with Gasteiger partial charge in [-0.05, 0) is 62.7 Å². The van der Waals surface area contributed by atoms with Gasteiger partial charge in [-0.3, -0.25) is 14.7 Å². The summed E-state index contributed by atoms with van der Waals surface area (Å²) in [6, 6.07) is 20.5. The molecule has 0 radical (unpaired) electrons. The van der Waals surface area contributed by atoms with Crippen LogP contribution in [0.3, 0.4) is 0 Å². The van der Waals surface area contributed by atoms with Gasteiger partial charge in [-0.25, -0.2) is 13.4 Å². The van der Waals surface area contributed by atoms with Crippen molar-refractivity contribution in [1.82, 2.24) is 4.98 Å². The van der Waals surface area contributed by atoms with Gasteiger partial charge in [-0.1, -0.05) is 37.8 Å². The molecular formula is C33H41N2O9PS2. The lowest BCUT2D eigenvalue weighted by atomic mass is 10.2. The smallest absolute Gasteiger partial charge is 0.336 e. The normalized spacial score (nSPS) is 12.2. The second-order valence-electron chi connectivity index (χ2n) is 10.2. The number of carbonyl (C=O) groups is 1. The molecule has 0 saturated heterocycles. The zero-order chi connectivity index (χ0) is 33.2. The number of aromatic nitrogens is 1. The molecule has 11 nitrogen and oxygen atoms in total. The van der Waals surface area contributed by atoms with E-state index in [0.29, 0.717) is 41.3 Å². The summed E-state index contributed by atoms with van der Waals surface area (Å²) in [5.41, 5.74) is 1.73. The summed E-state index contributed by atoms with van der Waals surface area (Å²) < 4.78 is 65.3. The summed E-state index contributed by atoms with van der Waals surface area (Å²) >= 11 is 1.18. The Balaban J connectivity index is 0.00000600. The molecule has 1 N–H and O–H groups in total. The lowest BCUT2D eigenvalue weighted by molar-refractivity contribution is 0.0492. The number of hydrogen-bond donors (Lipinski definition) is 1. The maximum absolute atomic E-state index is 13.4. The molecule has 0 aliphatic heterocycles. The van der Waals surface area contributed by atoms with Gasteiger partial charge in [-0.2, -0.15) is 0 Å². The Labute approximate surface area is 280 Å². The van der Waals surface area contributed by atoms with E-state index in [4.69, 9.17) is 23.3 Å². The first-order chi connectivity index (χ1) is 22.0. The fourth-order valence-electron chi connectivity index (χ4n) is 4.23. The molecule has 1 atom stereocenters. The molecule has 0 aliphatic rings. The van der Waals surface area contributed by atoms with Crippen LogP contribution in [-0.4, -0.2) is 51.5 Å². The number of nitrogens with one attached hydrogen (secondary N) is 1. The maximum atomic E-state index is 13.4. The van der Waals surface area contributed by atoms with E-state index in [0.717, 1.165) is 11.8 Å². The van der Waals surface area contributed by atoms with Crippen LogP contribution in [0.15, 0.2) is 83.1 Å². The molecule has 0 saturated carbocycles. The molecule has 0 spiro atoms. The number of carbonyl (C=O) groups excluding carboxylic acids is 1. The maximum Gasteiger partial charge on any atom is 0.336 e. The number of anilines is 1. The highest BCUT2D eigenvalue weighted by atomic mass is 32.2. The van der Waals surface area contributed by atoms with Gasteiger partial charge in [0.25, 0.3) is 5.91 Å². The molecular weight excluding hydrogens is 663 g/mol. The van der Waals surface area contributed by atoms with E-state index in [1.807, 2.05) is 37.3 Å². The summed E-state index contributed by atoms with van der Waals surface area (Å²) in [5.74, 6) is 0.545. The molecule has 0 bridgehead atoms. The number of sulfone groups is 1. The van der Waals surface area contributed by atoms with Crippen molar-refractivity contribution in [2.75, 3.05) is 31.4 Å². The monoisotopic (exact) mass is 704 g/mol. The van der Waals surface area contributed by atoms with Crippen molar-refractivity contribution in [2.45, 2.75) is 52.0 Å². The van der Waals surface area contributed by atoms with Gasteiger partial charge in [0.1, 0.15) is 23.4 Å². The van der Waals surface area contributed by atoms with Gasteiger partial charge in [0.2, 0.25) is 0 Å². The van der Waals surface area contributed by atoms with E-state index in [9.17, 15) is 17.8 Å². The Kier molecular flexibility index (Phi) is 14.1. The number of benzene rings is 3.